The smallest absolute Gasteiger partial charge is 0.173 e. The summed E-state index contributed by atoms with van der Waals surface area (Å²) in [5.74, 6) is -12.8. The Morgan fingerprint density at radius 2 is 0.654 bits per heavy atom. The van der Waals surface area contributed by atoms with Crippen molar-refractivity contribution in [2.45, 2.75) is 13.8 Å². The topological polar surface area (TPSA) is 34.1 Å². The molecule has 0 N–H and O–H groups in total. The molecular weight excluding hydrogens is 376 g/mol. The van der Waals surface area contributed by atoms with Gasteiger partial charge in [0.25, 0.3) is 0 Å². The minimum absolute atomic E-state index is 0.370. The van der Waals surface area contributed by atoms with Crippen LogP contribution in [-0.4, -0.2) is 12.6 Å². The van der Waals surface area contributed by atoms with Crippen molar-refractivity contribution in [2.75, 3.05) is 0 Å². The van der Waals surface area contributed by atoms with Crippen LogP contribution in [0.4, 0.5) is 35.1 Å². The Morgan fingerprint density at radius 3 is 0.808 bits per heavy atom. The van der Waals surface area contributed by atoms with E-state index >= 15 is 0 Å². The fourth-order valence-electron chi connectivity index (χ4n) is 1.72. The van der Waals surface area contributed by atoms with Crippen molar-refractivity contribution >= 4 is 12.6 Å². The third-order valence-electron chi connectivity index (χ3n) is 3.27. The van der Waals surface area contributed by atoms with Gasteiger partial charge in [0.1, 0.15) is 0 Å². The summed E-state index contributed by atoms with van der Waals surface area (Å²) in [6, 6.07) is 0. The van der Waals surface area contributed by atoms with Gasteiger partial charge in [-0.2, -0.15) is 0 Å². The molecule has 26 heavy (non-hydrogen) atoms. The SMILES string of the molecule is Cc1c(F)c(F)c(C)c(F)c1F.O=Cc1c(F)c(F)c(C=O)c(F)c1F. The lowest BCUT2D eigenvalue weighted by Crippen LogP contribution is -2.07. The summed E-state index contributed by atoms with van der Waals surface area (Å²) in [7, 11) is 0. The van der Waals surface area contributed by atoms with Crippen molar-refractivity contribution in [3.63, 3.8) is 0 Å². The lowest BCUT2D eigenvalue weighted by Gasteiger charge is -2.04. The van der Waals surface area contributed by atoms with E-state index in [0.29, 0.717) is 0 Å². The van der Waals surface area contributed by atoms with Gasteiger partial charge in [-0.1, -0.05) is 0 Å². The van der Waals surface area contributed by atoms with Gasteiger partial charge in [0.2, 0.25) is 0 Å². The molecule has 0 unspecified atom stereocenters. The van der Waals surface area contributed by atoms with Crippen molar-refractivity contribution in [3.8, 4) is 0 Å². The summed E-state index contributed by atoms with van der Waals surface area (Å²) >= 11 is 0. The minimum Gasteiger partial charge on any atom is -0.298 e. The molecule has 0 heterocycles. The predicted octanol–water partition coefficient (Wildman–Crippen LogP) is 4.73. The molecule has 0 aliphatic carbocycles. The summed E-state index contributed by atoms with van der Waals surface area (Å²) in [6.07, 6.45) is -0.739. The number of carbonyl (C=O) groups is 2. The Morgan fingerprint density at radius 1 is 0.462 bits per heavy atom. The van der Waals surface area contributed by atoms with Gasteiger partial charge < -0.3 is 0 Å². The first kappa shape index (κ1) is 21.3. The molecule has 0 saturated heterocycles. The van der Waals surface area contributed by atoms with Gasteiger partial charge in [-0.15, -0.1) is 0 Å². The van der Waals surface area contributed by atoms with E-state index in [4.69, 9.17) is 0 Å². The molecule has 0 aliphatic heterocycles. The van der Waals surface area contributed by atoms with Crippen LogP contribution >= 0.6 is 0 Å². The van der Waals surface area contributed by atoms with Gasteiger partial charge in [0.15, 0.2) is 59.1 Å². The summed E-state index contributed by atoms with van der Waals surface area (Å²) in [4.78, 5) is 20.1. The first-order valence-corrected chi connectivity index (χ1v) is 6.56. The molecule has 2 nitrogen and oxygen atoms in total. The summed E-state index contributed by atoms with van der Waals surface area (Å²) in [5.41, 5.74) is -4.00. The fraction of sp³-hybridized carbons (Fsp3) is 0.125. The Labute approximate surface area is 141 Å². The zero-order valence-electron chi connectivity index (χ0n) is 13.0. The maximum absolute atomic E-state index is 12.7. The lowest BCUT2D eigenvalue weighted by atomic mass is 10.1. The van der Waals surface area contributed by atoms with Crippen LogP contribution < -0.4 is 0 Å². The van der Waals surface area contributed by atoms with E-state index in [1.165, 1.54) is 0 Å². The number of benzene rings is 2. The molecule has 0 bridgehead atoms. The lowest BCUT2D eigenvalue weighted by molar-refractivity contribution is 0.109. The monoisotopic (exact) mass is 384 g/mol. The molecule has 0 radical (unpaired) electrons. The molecule has 0 saturated carbocycles. The van der Waals surface area contributed by atoms with Gasteiger partial charge in [0, 0.05) is 11.1 Å². The summed E-state index contributed by atoms with van der Waals surface area (Å²) in [6.45, 7) is 1.96. The average Bonchev–Trinajstić information content (AvgIpc) is 2.63. The van der Waals surface area contributed by atoms with Gasteiger partial charge in [0.05, 0.1) is 11.1 Å². The number of halogens is 8. The maximum atomic E-state index is 12.7. The minimum atomic E-state index is -1.87. The molecule has 2 rings (SSSR count). The van der Waals surface area contributed by atoms with E-state index in [9.17, 15) is 44.7 Å². The Hall–Kier alpha value is -2.78. The number of carbonyl (C=O) groups excluding carboxylic acids is 2. The molecule has 0 spiro atoms. The van der Waals surface area contributed by atoms with Crippen LogP contribution in [0.25, 0.3) is 0 Å². The summed E-state index contributed by atoms with van der Waals surface area (Å²) < 4.78 is 101. The van der Waals surface area contributed by atoms with E-state index in [0.717, 1.165) is 13.8 Å². The highest BCUT2D eigenvalue weighted by molar-refractivity contribution is 5.81. The molecule has 0 aromatic heterocycles. The average molecular weight is 384 g/mol. The van der Waals surface area contributed by atoms with Crippen LogP contribution in [0.2, 0.25) is 0 Å². The molecule has 2 aromatic rings. The Bertz CT molecular complexity index is 720. The van der Waals surface area contributed by atoms with Crippen LogP contribution in [0.1, 0.15) is 31.8 Å². The molecule has 0 fully saturated rings. The molecule has 2 aromatic carbocycles. The van der Waals surface area contributed by atoms with Crippen molar-refractivity contribution in [1.29, 1.82) is 0 Å². The summed E-state index contributed by atoms with van der Waals surface area (Å²) in [5, 5.41) is 0. The number of aldehydes is 2. The maximum Gasteiger partial charge on any atom is 0.173 e. The third-order valence-corrected chi connectivity index (χ3v) is 3.27. The van der Waals surface area contributed by atoms with Crippen LogP contribution in [0, 0.1) is 60.4 Å². The second kappa shape index (κ2) is 8.07. The standard InChI is InChI=1S/C8H2F4O2.C8H6F4/c9-5-3(1-13)6(10)8(12)4(2-14)7(5)11;1-3-5(9)7(11)4(2)8(12)6(3)10/h1-2H;1-2H3. The van der Waals surface area contributed by atoms with Crippen LogP contribution in [0.5, 0.6) is 0 Å². The van der Waals surface area contributed by atoms with Gasteiger partial charge in [-0.05, 0) is 13.8 Å². The van der Waals surface area contributed by atoms with Gasteiger partial charge in [-0.3, -0.25) is 9.59 Å². The Balaban J connectivity index is 0.000000263. The van der Waals surface area contributed by atoms with Gasteiger partial charge >= 0.3 is 0 Å². The highest BCUT2D eigenvalue weighted by Gasteiger charge is 2.24. The normalized spacial score (nSPS) is 10.2. The first-order valence-electron chi connectivity index (χ1n) is 6.56. The second-order valence-electron chi connectivity index (χ2n) is 4.82. The van der Waals surface area contributed by atoms with E-state index < -0.39 is 68.8 Å². The number of hydrogen-bond donors (Lipinski definition) is 0. The molecule has 140 valence electrons. The molecule has 0 atom stereocenters. The van der Waals surface area contributed by atoms with Gasteiger partial charge in [-0.25, -0.2) is 35.1 Å². The highest BCUT2D eigenvalue weighted by atomic mass is 19.2. The largest absolute Gasteiger partial charge is 0.298 e. The second-order valence-corrected chi connectivity index (χ2v) is 4.82. The predicted molar refractivity (Wildman–Crippen MR) is 72.8 cm³/mol. The zero-order valence-corrected chi connectivity index (χ0v) is 13.0. The van der Waals surface area contributed by atoms with Crippen LogP contribution in [-0.2, 0) is 0 Å². The Kier molecular flexibility index (Phi) is 6.60. The third kappa shape index (κ3) is 3.58. The van der Waals surface area contributed by atoms with E-state index in [-0.39, 0.29) is 12.6 Å². The van der Waals surface area contributed by atoms with E-state index in [2.05, 4.69) is 0 Å². The number of hydrogen-bond acceptors (Lipinski definition) is 2. The molecule has 0 amide bonds. The van der Waals surface area contributed by atoms with E-state index in [1.54, 1.807) is 0 Å². The van der Waals surface area contributed by atoms with Crippen LogP contribution in [0.3, 0.4) is 0 Å². The van der Waals surface area contributed by atoms with Crippen molar-refractivity contribution < 1.29 is 44.7 Å². The quantitative estimate of drug-likeness (QED) is 0.426. The van der Waals surface area contributed by atoms with Crippen molar-refractivity contribution in [1.82, 2.24) is 0 Å². The molecule has 0 aliphatic rings. The fourth-order valence-corrected chi connectivity index (χ4v) is 1.72. The number of rotatable bonds is 2. The van der Waals surface area contributed by atoms with E-state index in [1.807, 2.05) is 0 Å². The highest BCUT2D eigenvalue weighted by Crippen LogP contribution is 2.22. The van der Waals surface area contributed by atoms with Crippen molar-refractivity contribution in [2.24, 2.45) is 0 Å². The van der Waals surface area contributed by atoms with Crippen molar-refractivity contribution in [3.05, 3.63) is 68.8 Å². The van der Waals surface area contributed by atoms with Crippen LogP contribution in [0.15, 0.2) is 0 Å². The molecular formula is C16H8F8O2. The zero-order chi connectivity index (χ0) is 20.3. The molecule has 10 heteroatoms. The first-order chi connectivity index (χ1) is 12.0.